The van der Waals surface area contributed by atoms with Gasteiger partial charge in [-0.1, -0.05) is 12.1 Å². The van der Waals surface area contributed by atoms with Gasteiger partial charge in [0.25, 0.3) is 0 Å². The normalized spacial score (nSPS) is 13.5. The molecule has 118 valence electrons. The Balaban J connectivity index is 2.09. The van der Waals surface area contributed by atoms with E-state index >= 15 is 0 Å². The van der Waals surface area contributed by atoms with Crippen LogP contribution in [0.1, 0.15) is 12.0 Å². The van der Waals surface area contributed by atoms with Crippen molar-refractivity contribution in [3.05, 3.63) is 48.0 Å². The van der Waals surface area contributed by atoms with E-state index in [1.807, 2.05) is 48.7 Å². The summed E-state index contributed by atoms with van der Waals surface area (Å²) in [6, 6.07) is 13.8. The van der Waals surface area contributed by atoms with Crippen LogP contribution in [0.5, 0.6) is 11.5 Å². The Morgan fingerprint density at radius 1 is 0.913 bits per heavy atom. The van der Waals surface area contributed by atoms with Gasteiger partial charge in [0.1, 0.15) is 0 Å². The summed E-state index contributed by atoms with van der Waals surface area (Å²) in [5.74, 6) is 1.41. The number of methoxy groups -OCH3 is 2. The van der Waals surface area contributed by atoms with E-state index in [0.29, 0.717) is 17.9 Å². The Morgan fingerprint density at radius 3 is 2.26 bits per heavy atom. The summed E-state index contributed by atoms with van der Waals surface area (Å²) >= 11 is 1.65. The van der Waals surface area contributed by atoms with Crippen LogP contribution in [0.4, 0.5) is 11.4 Å². The number of rotatable bonds is 3. The minimum atomic E-state index is 0.700. The number of nitrogens with zero attached hydrogens (tertiary/aromatic N) is 2. The predicted octanol–water partition coefficient (Wildman–Crippen LogP) is 4.62. The van der Waals surface area contributed by atoms with Gasteiger partial charge in [0.2, 0.25) is 0 Å². The van der Waals surface area contributed by atoms with Crippen molar-refractivity contribution >= 4 is 33.9 Å². The van der Waals surface area contributed by atoms with Crippen LogP contribution in [-0.4, -0.2) is 31.2 Å². The Bertz CT molecular complexity index is 784. The maximum atomic E-state index is 5.41. The molecule has 1 aliphatic rings. The first kappa shape index (κ1) is 15.6. The Hall–Kier alpha value is -2.27. The van der Waals surface area contributed by atoms with E-state index in [9.17, 15) is 0 Å². The smallest absolute Gasteiger partial charge is 0.161 e. The molecule has 0 fully saturated rings. The van der Waals surface area contributed by atoms with Gasteiger partial charge in [-0.05, 0) is 36.6 Å². The average molecular weight is 326 g/mol. The van der Waals surface area contributed by atoms with Gasteiger partial charge in [-0.2, -0.15) is 0 Å². The van der Waals surface area contributed by atoms with Crippen molar-refractivity contribution in [2.75, 3.05) is 20.5 Å². The summed E-state index contributed by atoms with van der Waals surface area (Å²) in [5, 5.41) is 1.04. The lowest BCUT2D eigenvalue weighted by Gasteiger charge is -2.11. The maximum absolute atomic E-state index is 5.41. The van der Waals surface area contributed by atoms with Crippen molar-refractivity contribution in [2.45, 2.75) is 6.42 Å². The minimum absolute atomic E-state index is 0.700. The second kappa shape index (κ2) is 6.87. The van der Waals surface area contributed by atoms with Gasteiger partial charge >= 0.3 is 0 Å². The number of thioether (sulfide) groups is 1. The van der Waals surface area contributed by atoms with Crippen molar-refractivity contribution in [1.82, 2.24) is 0 Å². The van der Waals surface area contributed by atoms with Gasteiger partial charge in [0.05, 0.1) is 36.3 Å². The number of hydrogen-bond donors (Lipinski definition) is 0. The summed E-state index contributed by atoms with van der Waals surface area (Å²) < 4.78 is 10.7. The van der Waals surface area contributed by atoms with Gasteiger partial charge < -0.3 is 9.47 Å². The molecule has 23 heavy (non-hydrogen) atoms. The van der Waals surface area contributed by atoms with Crippen LogP contribution >= 0.6 is 11.8 Å². The molecule has 1 aliphatic heterocycles. The molecule has 0 aromatic heterocycles. The van der Waals surface area contributed by atoms with Gasteiger partial charge in [-0.15, -0.1) is 11.8 Å². The molecule has 2 aromatic carbocycles. The van der Waals surface area contributed by atoms with Crippen LogP contribution in [0, 0.1) is 0 Å². The molecule has 0 radical (unpaired) electrons. The fourth-order valence-corrected chi connectivity index (χ4v) is 2.93. The van der Waals surface area contributed by atoms with Crippen molar-refractivity contribution in [2.24, 2.45) is 9.98 Å². The molecule has 1 heterocycles. The molecule has 4 nitrogen and oxygen atoms in total. The molecule has 0 unspecified atom stereocenters. The topological polar surface area (TPSA) is 43.2 Å². The Kier molecular flexibility index (Phi) is 4.67. The molecule has 0 saturated heterocycles. The monoisotopic (exact) mass is 326 g/mol. The van der Waals surface area contributed by atoms with Crippen LogP contribution in [0.3, 0.4) is 0 Å². The molecule has 0 saturated carbocycles. The van der Waals surface area contributed by atoms with E-state index < -0.39 is 0 Å². The van der Waals surface area contributed by atoms with Crippen LogP contribution in [0.2, 0.25) is 0 Å². The maximum Gasteiger partial charge on any atom is 0.161 e. The lowest BCUT2D eigenvalue weighted by Crippen LogP contribution is -2.06. The highest BCUT2D eigenvalue weighted by molar-refractivity contribution is 8.13. The molecule has 0 N–H and O–H groups in total. The Labute approximate surface area is 140 Å². The molecule has 0 amide bonds. The lowest BCUT2D eigenvalue weighted by molar-refractivity contribution is 0.355. The highest BCUT2D eigenvalue weighted by Gasteiger charge is 2.16. The van der Waals surface area contributed by atoms with Crippen LogP contribution in [0.15, 0.2) is 52.4 Å². The molecular formula is C18H18N2O2S. The zero-order valence-electron chi connectivity index (χ0n) is 13.4. The van der Waals surface area contributed by atoms with Gasteiger partial charge in [0, 0.05) is 12.0 Å². The zero-order valence-corrected chi connectivity index (χ0v) is 14.2. The molecule has 0 aliphatic carbocycles. The fourth-order valence-electron chi connectivity index (χ4n) is 2.46. The third-order valence-corrected chi connectivity index (χ3v) is 4.36. The largest absolute Gasteiger partial charge is 0.493 e. The summed E-state index contributed by atoms with van der Waals surface area (Å²) in [5.41, 5.74) is 3.79. The van der Waals surface area contributed by atoms with Crippen molar-refractivity contribution in [3.63, 3.8) is 0 Å². The fraction of sp³-hybridized carbons (Fsp3) is 0.222. The first-order valence-electron chi connectivity index (χ1n) is 7.25. The summed E-state index contributed by atoms with van der Waals surface area (Å²) in [6.07, 6.45) is 2.74. The SMILES string of the molecule is COc1ccc(C2=Nc3ccccc3N=C(SC)C2)cc1OC. The molecule has 0 atom stereocenters. The average Bonchev–Trinajstić information content (AvgIpc) is 2.80. The second-order valence-corrected chi connectivity index (χ2v) is 5.88. The zero-order chi connectivity index (χ0) is 16.2. The van der Waals surface area contributed by atoms with E-state index in [0.717, 1.165) is 27.7 Å². The van der Waals surface area contributed by atoms with E-state index in [2.05, 4.69) is 0 Å². The number of aliphatic imine (C=N–C) groups is 2. The van der Waals surface area contributed by atoms with Gasteiger partial charge in [-0.3, -0.25) is 4.99 Å². The molecule has 2 aromatic rings. The summed E-state index contributed by atoms with van der Waals surface area (Å²) in [6.45, 7) is 0. The first-order chi connectivity index (χ1) is 11.2. The summed E-state index contributed by atoms with van der Waals surface area (Å²) in [7, 11) is 3.27. The van der Waals surface area contributed by atoms with Crippen molar-refractivity contribution in [1.29, 1.82) is 0 Å². The lowest BCUT2D eigenvalue weighted by atomic mass is 10.1. The second-order valence-electron chi connectivity index (χ2n) is 5.00. The number of ether oxygens (including phenoxy) is 2. The molecule has 0 spiro atoms. The quantitative estimate of drug-likeness (QED) is 0.826. The van der Waals surface area contributed by atoms with Gasteiger partial charge in [0.15, 0.2) is 11.5 Å². The number of para-hydroxylation sites is 2. The van der Waals surface area contributed by atoms with Crippen LogP contribution in [0.25, 0.3) is 0 Å². The summed E-state index contributed by atoms with van der Waals surface area (Å²) in [4.78, 5) is 9.55. The Morgan fingerprint density at radius 2 is 1.61 bits per heavy atom. The number of fused-ring (bicyclic) bond motifs is 1. The molecule has 5 heteroatoms. The van der Waals surface area contributed by atoms with E-state index in [-0.39, 0.29) is 0 Å². The molecular weight excluding hydrogens is 308 g/mol. The first-order valence-corrected chi connectivity index (χ1v) is 8.48. The van der Waals surface area contributed by atoms with E-state index in [1.165, 1.54) is 0 Å². The predicted molar refractivity (Wildman–Crippen MR) is 97.4 cm³/mol. The third kappa shape index (κ3) is 3.24. The van der Waals surface area contributed by atoms with Crippen LogP contribution in [-0.2, 0) is 0 Å². The highest BCUT2D eigenvalue weighted by atomic mass is 32.2. The number of hydrogen-bond acceptors (Lipinski definition) is 5. The van der Waals surface area contributed by atoms with Crippen molar-refractivity contribution in [3.8, 4) is 11.5 Å². The minimum Gasteiger partial charge on any atom is -0.493 e. The van der Waals surface area contributed by atoms with E-state index in [4.69, 9.17) is 19.5 Å². The third-order valence-electron chi connectivity index (χ3n) is 3.65. The molecule has 0 bridgehead atoms. The van der Waals surface area contributed by atoms with E-state index in [1.54, 1.807) is 26.0 Å². The standard InChI is InChI=1S/C18H18N2O2S/c1-21-16-9-8-12(10-17(16)22-2)15-11-18(23-3)20-14-7-5-4-6-13(14)19-15/h4-10H,11H2,1-3H3. The molecule has 3 rings (SSSR count). The van der Waals surface area contributed by atoms with Gasteiger partial charge in [-0.25, -0.2) is 4.99 Å². The van der Waals surface area contributed by atoms with Crippen molar-refractivity contribution < 1.29 is 9.47 Å². The highest BCUT2D eigenvalue weighted by Crippen LogP contribution is 2.34. The van der Waals surface area contributed by atoms with Crippen LogP contribution < -0.4 is 9.47 Å². The number of benzene rings is 2.